The molecule has 2 aromatic carbocycles. The Hall–Kier alpha value is -2.46. The number of likely N-dealkylation sites (N-methyl/N-ethyl adjacent to an activating group) is 1. The van der Waals surface area contributed by atoms with Gasteiger partial charge in [-0.15, -0.1) is 0 Å². The van der Waals surface area contributed by atoms with E-state index in [0.717, 1.165) is 38.3 Å². The summed E-state index contributed by atoms with van der Waals surface area (Å²) in [7, 11) is -2.43. The number of nitrogens with one attached hydrogen (secondary N) is 2. The van der Waals surface area contributed by atoms with Gasteiger partial charge in [-0.05, 0) is 37.2 Å². The average Bonchev–Trinajstić information content (AvgIpc) is 2.79. The van der Waals surface area contributed by atoms with E-state index in [9.17, 15) is 13.2 Å². The maximum Gasteiger partial charge on any atom is 0.250 e. The standard InChI is InChI=1S/C23H32N4O4S/c1-4-26-12-14-27(15-13-26)21-11-10-20(24-23(28)17-31-3)16-22(21)32(29,30)25-18(2)19-8-6-5-7-9-19/h5-11,16,18,25H,4,12-15,17H2,1-3H3,(H,24,28)/t18-/m0/s1. The van der Waals surface area contributed by atoms with Crippen LogP contribution in [0.15, 0.2) is 53.4 Å². The topological polar surface area (TPSA) is 91.0 Å². The summed E-state index contributed by atoms with van der Waals surface area (Å²) < 4.78 is 34.6. The molecule has 2 aromatic rings. The predicted octanol–water partition coefficient (Wildman–Crippen LogP) is 2.45. The van der Waals surface area contributed by atoms with Crippen LogP contribution in [-0.2, 0) is 19.6 Å². The Morgan fingerprint density at radius 2 is 1.78 bits per heavy atom. The van der Waals surface area contributed by atoms with Gasteiger partial charge in [-0.3, -0.25) is 4.79 Å². The molecule has 1 saturated heterocycles. The highest BCUT2D eigenvalue weighted by Crippen LogP contribution is 2.30. The first-order chi connectivity index (χ1) is 15.3. The first kappa shape index (κ1) is 24.2. The number of carbonyl (C=O) groups excluding carboxylic acids is 1. The smallest absolute Gasteiger partial charge is 0.250 e. The van der Waals surface area contributed by atoms with Crippen molar-refractivity contribution in [1.29, 1.82) is 0 Å². The van der Waals surface area contributed by atoms with Crippen molar-refractivity contribution in [1.82, 2.24) is 9.62 Å². The lowest BCUT2D eigenvalue weighted by molar-refractivity contribution is -0.119. The first-order valence-electron chi connectivity index (χ1n) is 10.8. The Balaban J connectivity index is 1.92. The molecule has 3 rings (SSSR count). The third-order valence-corrected chi connectivity index (χ3v) is 7.17. The minimum Gasteiger partial charge on any atom is -0.375 e. The van der Waals surface area contributed by atoms with Crippen LogP contribution >= 0.6 is 0 Å². The highest BCUT2D eigenvalue weighted by atomic mass is 32.2. The van der Waals surface area contributed by atoms with E-state index in [0.29, 0.717) is 11.4 Å². The van der Waals surface area contributed by atoms with Gasteiger partial charge in [0.25, 0.3) is 0 Å². The molecule has 0 unspecified atom stereocenters. The molecule has 1 amide bonds. The van der Waals surface area contributed by atoms with Crippen LogP contribution in [0.1, 0.15) is 25.5 Å². The van der Waals surface area contributed by atoms with Crippen LogP contribution in [0.3, 0.4) is 0 Å². The Kier molecular flexibility index (Phi) is 8.25. The van der Waals surface area contributed by atoms with E-state index >= 15 is 0 Å². The number of ether oxygens (including phenoxy) is 1. The molecular weight excluding hydrogens is 428 g/mol. The summed E-state index contributed by atoms with van der Waals surface area (Å²) in [6.45, 7) is 8.02. The van der Waals surface area contributed by atoms with Crippen LogP contribution < -0.4 is 14.9 Å². The van der Waals surface area contributed by atoms with Crippen LogP contribution in [0.4, 0.5) is 11.4 Å². The molecule has 2 N–H and O–H groups in total. The van der Waals surface area contributed by atoms with E-state index in [4.69, 9.17) is 4.74 Å². The minimum absolute atomic E-state index is 0.105. The van der Waals surface area contributed by atoms with Gasteiger partial charge in [0.05, 0.1) is 5.69 Å². The van der Waals surface area contributed by atoms with Crippen LogP contribution in [0.5, 0.6) is 0 Å². The summed E-state index contributed by atoms with van der Waals surface area (Å²) in [6.07, 6.45) is 0. The highest BCUT2D eigenvalue weighted by molar-refractivity contribution is 7.89. The zero-order valence-electron chi connectivity index (χ0n) is 18.9. The molecular formula is C23H32N4O4S. The minimum atomic E-state index is -3.87. The SMILES string of the molecule is CCN1CCN(c2ccc(NC(=O)COC)cc2S(=O)(=O)N[C@@H](C)c2ccccc2)CC1. The van der Waals surface area contributed by atoms with Gasteiger partial charge in [-0.25, -0.2) is 13.1 Å². The quantitative estimate of drug-likeness (QED) is 0.597. The lowest BCUT2D eigenvalue weighted by Crippen LogP contribution is -2.46. The van der Waals surface area contributed by atoms with Crippen LogP contribution in [0, 0.1) is 0 Å². The Morgan fingerprint density at radius 3 is 2.41 bits per heavy atom. The number of nitrogens with zero attached hydrogens (tertiary/aromatic N) is 2. The molecule has 0 bridgehead atoms. The van der Waals surface area contributed by atoms with Crippen LogP contribution in [0.25, 0.3) is 0 Å². The number of hydrogen-bond acceptors (Lipinski definition) is 6. The number of benzene rings is 2. The first-order valence-corrected chi connectivity index (χ1v) is 12.3. The van der Waals surface area contributed by atoms with E-state index in [-0.39, 0.29) is 17.4 Å². The summed E-state index contributed by atoms with van der Waals surface area (Å²) in [4.78, 5) is 16.6. The molecule has 174 valence electrons. The second-order valence-corrected chi connectivity index (χ2v) is 9.52. The monoisotopic (exact) mass is 460 g/mol. The molecule has 0 aromatic heterocycles. The lowest BCUT2D eigenvalue weighted by atomic mass is 10.1. The molecule has 9 heteroatoms. The van der Waals surface area contributed by atoms with E-state index in [1.165, 1.54) is 13.2 Å². The van der Waals surface area contributed by atoms with E-state index < -0.39 is 16.1 Å². The van der Waals surface area contributed by atoms with Gasteiger partial charge in [0.15, 0.2) is 0 Å². The van der Waals surface area contributed by atoms with E-state index in [1.54, 1.807) is 12.1 Å². The maximum atomic E-state index is 13.5. The third-order valence-electron chi connectivity index (χ3n) is 5.60. The van der Waals surface area contributed by atoms with Crippen LogP contribution in [-0.4, -0.2) is 65.7 Å². The summed E-state index contributed by atoms with van der Waals surface area (Å²) in [5, 5.41) is 2.70. The number of anilines is 2. The summed E-state index contributed by atoms with van der Waals surface area (Å²) >= 11 is 0. The Labute approximate surface area is 190 Å². The number of carbonyl (C=O) groups is 1. The fourth-order valence-electron chi connectivity index (χ4n) is 3.81. The van der Waals surface area contributed by atoms with Gasteiger partial charge in [-0.2, -0.15) is 0 Å². The van der Waals surface area contributed by atoms with Crippen molar-refractivity contribution in [3.63, 3.8) is 0 Å². The Morgan fingerprint density at radius 1 is 1.09 bits per heavy atom. The average molecular weight is 461 g/mol. The van der Waals surface area contributed by atoms with Gasteiger partial charge in [0, 0.05) is 45.0 Å². The number of sulfonamides is 1. The van der Waals surface area contributed by atoms with Crippen molar-refractivity contribution in [3.05, 3.63) is 54.1 Å². The van der Waals surface area contributed by atoms with Crippen molar-refractivity contribution in [2.24, 2.45) is 0 Å². The van der Waals surface area contributed by atoms with Gasteiger partial charge in [-0.1, -0.05) is 37.3 Å². The molecule has 0 saturated carbocycles. The maximum absolute atomic E-state index is 13.5. The number of piperazine rings is 1. The van der Waals surface area contributed by atoms with Crippen molar-refractivity contribution in [3.8, 4) is 0 Å². The van der Waals surface area contributed by atoms with Crippen LogP contribution in [0.2, 0.25) is 0 Å². The summed E-state index contributed by atoms with van der Waals surface area (Å²) in [5.41, 5.74) is 1.92. The number of rotatable bonds is 9. The second kappa shape index (κ2) is 10.9. The van der Waals surface area contributed by atoms with Crippen molar-refractivity contribution in [2.75, 3.05) is 56.7 Å². The molecule has 1 heterocycles. The number of hydrogen-bond donors (Lipinski definition) is 2. The van der Waals surface area contributed by atoms with Crippen molar-refractivity contribution in [2.45, 2.75) is 24.8 Å². The van der Waals surface area contributed by atoms with Gasteiger partial charge in [0.1, 0.15) is 11.5 Å². The third kappa shape index (κ3) is 6.07. The van der Waals surface area contributed by atoms with E-state index in [1.807, 2.05) is 37.3 Å². The molecule has 1 atom stereocenters. The molecule has 0 radical (unpaired) electrons. The second-order valence-electron chi connectivity index (χ2n) is 7.84. The summed E-state index contributed by atoms with van der Waals surface area (Å²) in [5.74, 6) is -0.342. The molecule has 0 aliphatic carbocycles. The van der Waals surface area contributed by atoms with Gasteiger partial charge >= 0.3 is 0 Å². The zero-order valence-corrected chi connectivity index (χ0v) is 19.7. The van der Waals surface area contributed by atoms with Gasteiger partial charge in [0.2, 0.25) is 15.9 Å². The highest BCUT2D eigenvalue weighted by Gasteiger charge is 2.27. The molecule has 32 heavy (non-hydrogen) atoms. The Bertz CT molecular complexity index is 1010. The largest absolute Gasteiger partial charge is 0.375 e. The normalized spacial score (nSPS) is 16.0. The lowest BCUT2D eigenvalue weighted by Gasteiger charge is -2.36. The fraction of sp³-hybridized carbons (Fsp3) is 0.435. The summed E-state index contributed by atoms with van der Waals surface area (Å²) in [6, 6.07) is 14.0. The van der Waals surface area contributed by atoms with Crippen molar-refractivity contribution >= 4 is 27.3 Å². The molecule has 8 nitrogen and oxygen atoms in total. The van der Waals surface area contributed by atoms with Gasteiger partial charge < -0.3 is 19.9 Å². The molecule has 1 aliphatic rings. The molecule has 1 aliphatic heterocycles. The predicted molar refractivity (Wildman–Crippen MR) is 126 cm³/mol. The fourth-order valence-corrected chi connectivity index (χ4v) is 5.29. The number of amides is 1. The molecule has 1 fully saturated rings. The van der Waals surface area contributed by atoms with E-state index in [2.05, 4.69) is 26.8 Å². The molecule has 0 spiro atoms. The number of methoxy groups -OCH3 is 1. The van der Waals surface area contributed by atoms with Crippen molar-refractivity contribution < 1.29 is 17.9 Å². The zero-order chi connectivity index (χ0) is 23.1.